The van der Waals surface area contributed by atoms with Gasteiger partial charge in [-0.2, -0.15) is 5.26 Å². The summed E-state index contributed by atoms with van der Waals surface area (Å²) in [6.07, 6.45) is 1.56. The van der Waals surface area contributed by atoms with E-state index < -0.39 is 0 Å². The number of anilines is 1. The van der Waals surface area contributed by atoms with E-state index in [1.54, 1.807) is 0 Å². The summed E-state index contributed by atoms with van der Waals surface area (Å²) in [6.45, 7) is 1.54. The number of nitrogens with zero attached hydrogens (tertiary/aromatic N) is 1. The highest BCUT2D eigenvalue weighted by atomic mass is 16.5. The lowest BCUT2D eigenvalue weighted by Crippen LogP contribution is -2.22. The van der Waals surface area contributed by atoms with E-state index in [1.807, 2.05) is 24.3 Å². The second kappa shape index (κ2) is 6.43. The first kappa shape index (κ1) is 13.7. The van der Waals surface area contributed by atoms with Gasteiger partial charge in [-0.25, -0.2) is 0 Å². The summed E-state index contributed by atoms with van der Waals surface area (Å²) in [4.78, 5) is 0. The lowest BCUT2D eigenvalue weighted by Gasteiger charge is -2.26. The van der Waals surface area contributed by atoms with Crippen LogP contribution in [0.4, 0.5) is 5.69 Å². The number of rotatable bonds is 4. The zero-order valence-corrected chi connectivity index (χ0v) is 11.9. The van der Waals surface area contributed by atoms with Crippen LogP contribution in [0.5, 0.6) is 0 Å². The molecule has 3 heteroatoms. The van der Waals surface area contributed by atoms with Gasteiger partial charge < -0.3 is 10.1 Å². The van der Waals surface area contributed by atoms with Crippen molar-refractivity contribution in [3.63, 3.8) is 0 Å². The van der Waals surface area contributed by atoms with Crippen LogP contribution in [0.1, 0.15) is 22.8 Å². The Hall–Kier alpha value is -2.31. The molecule has 1 aliphatic rings. The van der Waals surface area contributed by atoms with Gasteiger partial charge in [-0.05, 0) is 35.2 Å². The number of fused-ring (bicyclic) bond motifs is 1. The van der Waals surface area contributed by atoms with E-state index in [9.17, 15) is 0 Å². The van der Waals surface area contributed by atoms with Gasteiger partial charge in [0, 0.05) is 12.2 Å². The van der Waals surface area contributed by atoms with Gasteiger partial charge in [-0.15, -0.1) is 0 Å². The Kier molecular flexibility index (Phi) is 4.18. The summed E-state index contributed by atoms with van der Waals surface area (Å²) in [6, 6.07) is 18.6. The summed E-state index contributed by atoms with van der Waals surface area (Å²) < 4.78 is 5.88. The van der Waals surface area contributed by atoms with Crippen LogP contribution < -0.4 is 5.32 Å². The van der Waals surface area contributed by atoms with Crippen molar-refractivity contribution in [3.05, 3.63) is 65.2 Å². The normalized spacial score (nSPS) is 16.8. The van der Waals surface area contributed by atoms with Crippen molar-refractivity contribution in [3.8, 4) is 6.07 Å². The molecular formula is C18H18N2O. The Morgan fingerprint density at radius 3 is 2.76 bits per heavy atom. The molecule has 1 unspecified atom stereocenters. The van der Waals surface area contributed by atoms with Gasteiger partial charge in [0.1, 0.15) is 0 Å². The first-order valence-corrected chi connectivity index (χ1v) is 7.26. The molecule has 0 saturated heterocycles. The van der Waals surface area contributed by atoms with Crippen LogP contribution in [0.25, 0.3) is 0 Å². The molecule has 1 aliphatic heterocycles. The number of ether oxygens (including phenoxy) is 1. The van der Waals surface area contributed by atoms with Crippen molar-refractivity contribution in [1.29, 1.82) is 5.26 Å². The molecule has 0 aliphatic carbocycles. The van der Waals surface area contributed by atoms with Crippen LogP contribution >= 0.6 is 0 Å². The fraction of sp³-hybridized carbons (Fsp3) is 0.278. The van der Waals surface area contributed by atoms with E-state index in [1.165, 1.54) is 11.1 Å². The fourth-order valence-corrected chi connectivity index (χ4v) is 2.69. The van der Waals surface area contributed by atoms with Crippen LogP contribution in [0.2, 0.25) is 0 Å². The average molecular weight is 278 g/mol. The molecule has 106 valence electrons. The maximum Gasteiger partial charge on any atom is 0.0999 e. The Balaban J connectivity index is 1.64. The van der Waals surface area contributed by atoms with E-state index in [2.05, 4.69) is 35.7 Å². The summed E-state index contributed by atoms with van der Waals surface area (Å²) >= 11 is 0. The number of hydrogen-bond donors (Lipinski definition) is 1. The summed E-state index contributed by atoms with van der Waals surface area (Å²) in [7, 11) is 0. The van der Waals surface area contributed by atoms with Crippen molar-refractivity contribution >= 4 is 5.69 Å². The van der Waals surface area contributed by atoms with E-state index in [0.29, 0.717) is 6.42 Å². The SMILES string of the molecule is N#CCc1ccc(NCC2OCCc3ccccc32)cc1. The molecule has 1 N–H and O–H groups in total. The molecular weight excluding hydrogens is 260 g/mol. The van der Waals surface area contributed by atoms with Crippen molar-refractivity contribution in [2.45, 2.75) is 18.9 Å². The quantitative estimate of drug-likeness (QED) is 0.931. The highest BCUT2D eigenvalue weighted by Crippen LogP contribution is 2.27. The van der Waals surface area contributed by atoms with Crippen molar-refractivity contribution in [1.82, 2.24) is 0 Å². The van der Waals surface area contributed by atoms with Crippen molar-refractivity contribution < 1.29 is 4.74 Å². The van der Waals surface area contributed by atoms with Crippen LogP contribution in [0, 0.1) is 11.3 Å². The molecule has 21 heavy (non-hydrogen) atoms. The van der Waals surface area contributed by atoms with Gasteiger partial charge in [0.15, 0.2) is 0 Å². The average Bonchev–Trinajstić information content (AvgIpc) is 2.54. The zero-order valence-electron chi connectivity index (χ0n) is 11.9. The standard InChI is InChI=1S/C18H18N2O/c19-11-9-14-5-7-16(8-6-14)20-13-18-17-4-2-1-3-15(17)10-12-21-18/h1-8,18,20H,9-10,12-13H2. The van der Waals surface area contributed by atoms with Gasteiger partial charge >= 0.3 is 0 Å². The van der Waals surface area contributed by atoms with Crippen molar-refractivity contribution in [2.75, 3.05) is 18.5 Å². The molecule has 1 atom stereocenters. The topological polar surface area (TPSA) is 45.0 Å². The van der Waals surface area contributed by atoms with Gasteiger partial charge in [-0.1, -0.05) is 36.4 Å². The molecule has 1 heterocycles. The molecule has 0 radical (unpaired) electrons. The van der Waals surface area contributed by atoms with Crippen molar-refractivity contribution in [2.24, 2.45) is 0 Å². The van der Waals surface area contributed by atoms with Gasteiger partial charge in [0.2, 0.25) is 0 Å². The Morgan fingerprint density at radius 1 is 1.14 bits per heavy atom. The lowest BCUT2D eigenvalue weighted by atomic mass is 9.97. The molecule has 2 aromatic rings. The predicted molar refractivity (Wildman–Crippen MR) is 83.1 cm³/mol. The molecule has 0 amide bonds. The minimum absolute atomic E-state index is 0.105. The molecule has 0 spiro atoms. The molecule has 0 aromatic heterocycles. The molecule has 3 nitrogen and oxygen atoms in total. The molecule has 3 rings (SSSR count). The summed E-state index contributed by atoms with van der Waals surface area (Å²) in [5, 5.41) is 12.1. The fourth-order valence-electron chi connectivity index (χ4n) is 2.69. The third kappa shape index (κ3) is 3.24. The maximum absolute atomic E-state index is 8.67. The number of hydrogen-bond acceptors (Lipinski definition) is 3. The lowest BCUT2D eigenvalue weighted by molar-refractivity contribution is 0.0513. The highest BCUT2D eigenvalue weighted by molar-refractivity contribution is 5.45. The Morgan fingerprint density at radius 2 is 1.95 bits per heavy atom. The maximum atomic E-state index is 8.67. The molecule has 0 bridgehead atoms. The predicted octanol–water partition coefficient (Wildman–Crippen LogP) is 3.48. The molecule has 0 saturated carbocycles. The second-order valence-corrected chi connectivity index (χ2v) is 5.22. The minimum atomic E-state index is 0.105. The van der Waals surface area contributed by atoms with Crippen LogP contribution in [0.15, 0.2) is 48.5 Å². The van der Waals surface area contributed by atoms with Crippen LogP contribution in [0.3, 0.4) is 0 Å². The van der Waals surface area contributed by atoms with Gasteiger partial charge in [-0.3, -0.25) is 0 Å². The van der Waals surface area contributed by atoms with E-state index in [0.717, 1.165) is 30.8 Å². The van der Waals surface area contributed by atoms with Gasteiger partial charge in [0.05, 0.1) is 25.2 Å². The third-order valence-electron chi connectivity index (χ3n) is 3.82. The highest BCUT2D eigenvalue weighted by Gasteiger charge is 2.19. The largest absolute Gasteiger partial charge is 0.382 e. The van der Waals surface area contributed by atoms with E-state index in [4.69, 9.17) is 10.00 Å². The number of nitriles is 1. The van der Waals surface area contributed by atoms with Gasteiger partial charge in [0.25, 0.3) is 0 Å². The van der Waals surface area contributed by atoms with E-state index in [-0.39, 0.29) is 6.10 Å². The Labute approximate surface area is 125 Å². The zero-order chi connectivity index (χ0) is 14.5. The summed E-state index contributed by atoms with van der Waals surface area (Å²) in [5.41, 5.74) is 4.78. The van der Waals surface area contributed by atoms with Crippen LogP contribution in [-0.4, -0.2) is 13.2 Å². The molecule has 0 fully saturated rings. The third-order valence-corrected chi connectivity index (χ3v) is 3.82. The Bertz CT molecular complexity index is 643. The second-order valence-electron chi connectivity index (χ2n) is 5.22. The number of benzene rings is 2. The summed E-state index contributed by atoms with van der Waals surface area (Å²) in [5.74, 6) is 0. The smallest absolute Gasteiger partial charge is 0.0999 e. The monoisotopic (exact) mass is 278 g/mol. The first-order valence-electron chi connectivity index (χ1n) is 7.26. The minimum Gasteiger partial charge on any atom is -0.382 e. The number of nitrogens with one attached hydrogen (secondary N) is 1. The first-order chi connectivity index (χ1) is 10.4. The van der Waals surface area contributed by atoms with Crippen LogP contribution in [-0.2, 0) is 17.6 Å². The molecule has 2 aromatic carbocycles. The van der Waals surface area contributed by atoms with E-state index >= 15 is 0 Å².